The average Bonchev–Trinajstić information content (AvgIpc) is 2.93. The standard InChI is InChI=1S/C30H39FN6O2/c1-20-24(17-23(19-35-20)36-29(38)22-9-10-34-28(16-22)30(2,3)31)25(32)18-27(37-11-13-39-14-12-37)26(33)15-21-7-5-4-6-8-21/h9-10,16-19,21,32-33H,4-8,11-15H2,1-3H3,(H,36,38)/b27-18+,32-25?,33-26?. The van der Waals surface area contributed by atoms with Crippen LogP contribution in [0.25, 0.3) is 0 Å². The van der Waals surface area contributed by atoms with E-state index in [2.05, 4.69) is 20.2 Å². The molecule has 1 saturated carbocycles. The number of allylic oxidation sites excluding steroid dienone is 2. The summed E-state index contributed by atoms with van der Waals surface area (Å²) in [5, 5.41) is 20.7. The number of alkyl halides is 1. The Kier molecular flexibility index (Phi) is 9.22. The monoisotopic (exact) mass is 534 g/mol. The van der Waals surface area contributed by atoms with Crippen LogP contribution in [0.1, 0.15) is 79.7 Å². The Morgan fingerprint density at radius 3 is 2.59 bits per heavy atom. The second-order valence-corrected chi connectivity index (χ2v) is 10.9. The Morgan fingerprint density at radius 2 is 1.90 bits per heavy atom. The number of anilines is 1. The number of halogens is 1. The molecule has 2 aromatic rings. The predicted molar refractivity (Wildman–Crippen MR) is 152 cm³/mol. The second kappa shape index (κ2) is 12.6. The van der Waals surface area contributed by atoms with Gasteiger partial charge in [-0.25, -0.2) is 4.39 Å². The van der Waals surface area contributed by atoms with Crippen LogP contribution in [0.15, 0.2) is 42.4 Å². The number of ether oxygens (including phenoxy) is 1. The molecule has 0 bridgehead atoms. The Hall–Kier alpha value is -3.46. The van der Waals surface area contributed by atoms with Crippen LogP contribution in [-0.2, 0) is 10.4 Å². The normalized spacial score (nSPS) is 17.1. The van der Waals surface area contributed by atoms with Crippen LogP contribution < -0.4 is 5.32 Å². The van der Waals surface area contributed by atoms with Gasteiger partial charge in [-0.2, -0.15) is 0 Å². The van der Waals surface area contributed by atoms with Crippen LogP contribution in [0.3, 0.4) is 0 Å². The fourth-order valence-corrected chi connectivity index (χ4v) is 5.15. The van der Waals surface area contributed by atoms with Crippen molar-refractivity contribution in [3.05, 3.63) is 64.9 Å². The molecule has 2 fully saturated rings. The van der Waals surface area contributed by atoms with Crippen molar-refractivity contribution < 1.29 is 13.9 Å². The van der Waals surface area contributed by atoms with Crippen molar-refractivity contribution in [1.82, 2.24) is 14.9 Å². The molecule has 1 saturated heterocycles. The number of nitrogens with zero attached hydrogens (tertiary/aromatic N) is 3. The highest BCUT2D eigenvalue weighted by atomic mass is 19.1. The molecule has 0 unspecified atom stereocenters. The van der Waals surface area contributed by atoms with Gasteiger partial charge in [0.15, 0.2) is 0 Å². The highest BCUT2D eigenvalue weighted by Crippen LogP contribution is 2.29. The first-order chi connectivity index (χ1) is 18.6. The lowest BCUT2D eigenvalue weighted by molar-refractivity contribution is 0.0563. The zero-order chi connectivity index (χ0) is 28.0. The molecule has 4 rings (SSSR count). The van der Waals surface area contributed by atoms with Gasteiger partial charge in [0, 0.05) is 36.1 Å². The van der Waals surface area contributed by atoms with Crippen molar-refractivity contribution in [1.29, 1.82) is 10.8 Å². The van der Waals surface area contributed by atoms with Gasteiger partial charge in [0.25, 0.3) is 5.91 Å². The molecule has 208 valence electrons. The highest BCUT2D eigenvalue weighted by molar-refractivity contribution is 6.13. The van der Waals surface area contributed by atoms with Gasteiger partial charge in [-0.1, -0.05) is 32.1 Å². The molecule has 0 spiro atoms. The minimum atomic E-state index is -1.67. The van der Waals surface area contributed by atoms with Crippen LogP contribution >= 0.6 is 0 Å². The number of carbonyl (C=O) groups excluding carboxylic acids is 1. The minimum absolute atomic E-state index is 0.177. The Morgan fingerprint density at radius 1 is 1.18 bits per heavy atom. The molecule has 1 aliphatic carbocycles. The number of carbonyl (C=O) groups is 1. The Bertz CT molecular complexity index is 1240. The molecule has 0 radical (unpaired) electrons. The zero-order valence-corrected chi connectivity index (χ0v) is 23.1. The second-order valence-electron chi connectivity index (χ2n) is 10.9. The third-order valence-electron chi connectivity index (χ3n) is 7.43. The molecule has 1 aliphatic heterocycles. The number of aryl methyl sites for hydroxylation is 1. The van der Waals surface area contributed by atoms with Gasteiger partial charge < -0.3 is 25.8 Å². The summed E-state index contributed by atoms with van der Waals surface area (Å²) in [5.41, 5.74) is 2.01. The zero-order valence-electron chi connectivity index (χ0n) is 23.1. The number of aromatic nitrogens is 2. The molecule has 3 N–H and O–H groups in total. The van der Waals surface area contributed by atoms with Crippen LogP contribution in [0.2, 0.25) is 0 Å². The van der Waals surface area contributed by atoms with Crippen molar-refractivity contribution in [3.63, 3.8) is 0 Å². The summed E-state index contributed by atoms with van der Waals surface area (Å²) in [6.45, 7) is 7.17. The summed E-state index contributed by atoms with van der Waals surface area (Å²) in [4.78, 5) is 23.5. The lowest BCUT2D eigenvalue weighted by Crippen LogP contribution is -2.38. The molecular weight excluding hydrogens is 495 g/mol. The number of pyridine rings is 2. The summed E-state index contributed by atoms with van der Waals surface area (Å²) in [6, 6.07) is 4.70. The number of rotatable bonds is 9. The first kappa shape index (κ1) is 28.5. The maximum absolute atomic E-state index is 14.3. The largest absolute Gasteiger partial charge is 0.378 e. The van der Waals surface area contributed by atoms with Crippen molar-refractivity contribution in [2.45, 2.75) is 65.0 Å². The van der Waals surface area contributed by atoms with E-state index >= 15 is 0 Å². The van der Waals surface area contributed by atoms with E-state index in [0.29, 0.717) is 61.3 Å². The van der Waals surface area contributed by atoms with Gasteiger partial charge in [-0.3, -0.25) is 14.8 Å². The highest BCUT2D eigenvalue weighted by Gasteiger charge is 2.24. The van der Waals surface area contributed by atoms with E-state index in [1.165, 1.54) is 51.4 Å². The van der Waals surface area contributed by atoms with E-state index in [0.717, 1.165) is 18.5 Å². The van der Waals surface area contributed by atoms with Crippen molar-refractivity contribution in [2.24, 2.45) is 5.92 Å². The fraction of sp³-hybridized carbons (Fsp3) is 0.500. The first-order valence-corrected chi connectivity index (χ1v) is 13.8. The quantitative estimate of drug-likeness (QED) is 0.351. The number of hydrogen-bond donors (Lipinski definition) is 3. The van der Waals surface area contributed by atoms with Gasteiger partial charge >= 0.3 is 0 Å². The minimum Gasteiger partial charge on any atom is -0.378 e. The summed E-state index contributed by atoms with van der Waals surface area (Å²) < 4.78 is 19.9. The number of amides is 1. The third kappa shape index (κ3) is 7.56. The van der Waals surface area contributed by atoms with Crippen LogP contribution in [0, 0.1) is 23.7 Å². The average molecular weight is 535 g/mol. The van der Waals surface area contributed by atoms with Crippen molar-refractivity contribution >= 4 is 23.0 Å². The van der Waals surface area contributed by atoms with Gasteiger partial charge in [0.2, 0.25) is 0 Å². The van der Waals surface area contributed by atoms with E-state index in [9.17, 15) is 9.18 Å². The van der Waals surface area contributed by atoms with Crippen LogP contribution in [0.4, 0.5) is 10.1 Å². The van der Waals surface area contributed by atoms with Gasteiger partial charge in [-0.05, 0) is 57.4 Å². The summed E-state index contributed by atoms with van der Waals surface area (Å²) >= 11 is 0. The van der Waals surface area contributed by atoms with Crippen LogP contribution in [-0.4, -0.2) is 58.5 Å². The van der Waals surface area contributed by atoms with Gasteiger partial charge in [-0.15, -0.1) is 0 Å². The molecule has 0 aromatic carbocycles. The Balaban J connectivity index is 1.55. The fourth-order valence-electron chi connectivity index (χ4n) is 5.15. The number of nitrogens with one attached hydrogen (secondary N) is 3. The topological polar surface area (TPSA) is 115 Å². The van der Waals surface area contributed by atoms with E-state index in [4.69, 9.17) is 15.6 Å². The summed E-state index contributed by atoms with van der Waals surface area (Å²) in [7, 11) is 0. The van der Waals surface area contributed by atoms with E-state index < -0.39 is 11.6 Å². The predicted octanol–water partition coefficient (Wildman–Crippen LogP) is 5.82. The first-order valence-electron chi connectivity index (χ1n) is 13.8. The molecule has 8 nitrogen and oxygen atoms in total. The molecule has 0 atom stereocenters. The van der Waals surface area contributed by atoms with E-state index in [1.807, 2.05) is 6.92 Å². The summed E-state index contributed by atoms with van der Waals surface area (Å²) in [5.74, 6) is 0.105. The molecule has 9 heteroatoms. The lowest BCUT2D eigenvalue weighted by Gasteiger charge is -2.32. The van der Waals surface area contributed by atoms with Crippen LogP contribution in [0.5, 0.6) is 0 Å². The van der Waals surface area contributed by atoms with E-state index in [-0.39, 0.29) is 17.0 Å². The summed E-state index contributed by atoms with van der Waals surface area (Å²) in [6.07, 6.45) is 11.5. The molecule has 2 aliphatic rings. The third-order valence-corrected chi connectivity index (χ3v) is 7.43. The molecular formula is C30H39FN6O2. The molecule has 1 amide bonds. The maximum atomic E-state index is 14.3. The van der Waals surface area contributed by atoms with Gasteiger partial charge in [0.1, 0.15) is 5.67 Å². The molecule has 3 heterocycles. The van der Waals surface area contributed by atoms with Crippen molar-refractivity contribution in [2.75, 3.05) is 31.6 Å². The van der Waals surface area contributed by atoms with E-state index in [1.54, 1.807) is 18.3 Å². The molecule has 2 aromatic heterocycles. The Labute approximate surface area is 230 Å². The molecule has 39 heavy (non-hydrogen) atoms. The van der Waals surface area contributed by atoms with Gasteiger partial charge in [0.05, 0.1) is 47.9 Å². The maximum Gasteiger partial charge on any atom is 0.255 e. The number of morpholine rings is 1. The smallest absolute Gasteiger partial charge is 0.255 e. The van der Waals surface area contributed by atoms with Crippen molar-refractivity contribution in [3.8, 4) is 0 Å². The number of hydrogen-bond acceptors (Lipinski definition) is 7. The lowest BCUT2D eigenvalue weighted by atomic mass is 9.85. The SMILES string of the molecule is Cc1ncc(NC(=O)c2ccnc(C(C)(C)F)c2)cc1C(=N)/C=C(\C(=N)CC1CCCCC1)N1CCOCC1.